The van der Waals surface area contributed by atoms with Crippen LogP contribution < -0.4 is 0 Å². The van der Waals surface area contributed by atoms with E-state index in [9.17, 15) is 0 Å². The molecule has 0 amide bonds. The van der Waals surface area contributed by atoms with Crippen molar-refractivity contribution in [1.82, 2.24) is 9.13 Å². The highest BCUT2D eigenvalue weighted by molar-refractivity contribution is 6.19. The fourth-order valence-corrected chi connectivity index (χ4v) is 9.15. The molecule has 12 aromatic rings. The quantitative estimate of drug-likeness (QED) is 0.173. The highest BCUT2D eigenvalue weighted by Crippen LogP contribution is 2.43. The van der Waals surface area contributed by atoms with Crippen molar-refractivity contribution >= 4 is 65.6 Å². The van der Waals surface area contributed by atoms with E-state index in [1.165, 1.54) is 77.0 Å². The minimum Gasteiger partial charge on any atom is -0.456 e. The maximum Gasteiger partial charge on any atom is 0.135 e. The van der Waals surface area contributed by atoms with E-state index in [0.717, 1.165) is 33.3 Å². The van der Waals surface area contributed by atoms with Gasteiger partial charge in [-0.25, -0.2) is 0 Å². The van der Waals surface area contributed by atoms with Gasteiger partial charge in [0.15, 0.2) is 0 Å². The number of furan rings is 1. The number of hydrogen-bond donors (Lipinski definition) is 0. The fourth-order valence-electron chi connectivity index (χ4n) is 9.15. The van der Waals surface area contributed by atoms with Gasteiger partial charge in [0, 0.05) is 54.8 Å². The van der Waals surface area contributed by atoms with Gasteiger partial charge in [-0.3, -0.25) is 0 Å². The standard InChI is InChI=1S/C54H34N2O/c1-2-12-39(13-3-1)55-49-21-7-4-14-41(49)44-17-10-19-46(53(44)55)47-20-11-18-45-42-15-5-8-22-50(42)56(54(45)47)40-31-28-36(29-32-40)35-24-26-37(27-25-35)38-30-33-52-48(34-38)43-16-6-9-23-51(43)57-52/h1-34H. The molecule has 0 fully saturated rings. The lowest BCUT2D eigenvalue weighted by atomic mass is 9.98. The Morgan fingerprint density at radius 1 is 0.281 bits per heavy atom. The molecule has 12 rings (SSSR count). The summed E-state index contributed by atoms with van der Waals surface area (Å²) in [6, 6.07) is 74.5. The molecule has 3 nitrogen and oxygen atoms in total. The molecule has 3 heteroatoms. The normalized spacial score (nSPS) is 11.9. The second kappa shape index (κ2) is 12.5. The monoisotopic (exact) mass is 726 g/mol. The van der Waals surface area contributed by atoms with Crippen molar-refractivity contribution in [2.45, 2.75) is 0 Å². The van der Waals surface area contributed by atoms with Crippen LogP contribution in [0.2, 0.25) is 0 Å². The first-order chi connectivity index (χ1) is 28.3. The predicted molar refractivity (Wildman–Crippen MR) is 239 cm³/mol. The number of benzene rings is 9. The van der Waals surface area contributed by atoms with Crippen LogP contribution in [0.4, 0.5) is 0 Å². The van der Waals surface area contributed by atoms with Gasteiger partial charge in [-0.2, -0.15) is 0 Å². The van der Waals surface area contributed by atoms with E-state index < -0.39 is 0 Å². The van der Waals surface area contributed by atoms with Gasteiger partial charge in [0.2, 0.25) is 0 Å². The lowest BCUT2D eigenvalue weighted by Crippen LogP contribution is -1.98. The summed E-state index contributed by atoms with van der Waals surface area (Å²) in [5, 5.41) is 7.27. The van der Waals surface area contributed by atoms with Crippen molar-refractivity contribution in [3.05, 3.63) is 206 Å². The molecule has 0 aliphatic rings. The molecule has 57 heavy (non-hydrogen) atoms. The predicted octanol–water partition coefficient (Wildman–Crippen LogP) is 14.8. The SMILES string of the molecule is c1ccc(-n2c3ccccc3c3cccc(-c4cccc5c6ccccc6n(-c6ccc(-c7ccc(-c8ccc9oc%10ccccc%10c9c8)cc7)cc6)c45)c32)cc1. The molecule has 266 valence electrons. The average Bonchev–Trinajstić information content (AvgIpc) is 3.95. The molecule has 0 unspecified atom stereocenters. The van der Waals surface area contributed by atoms with E-state index in [0.29, 0.717) is 0 Å². The zero-order valence-electron chi connectivity index (χ0n) is 30.9. The first-order valence-electron chi connectivity index (χ1n) is 19.5. The van der Waals surface area contributed by atoms with Crippen molar-refractivity contribution < 1.29 is 4.42 Å². The van der Waals surface area contributed by atoms with Crippen LogP contribution in [0.25, 0.3) is 110 Å². The van der Waals surface area contributed by atoms with Crippen molar-refractivity contribution in [2.75, 3.05) is 0 Å². The lowest BCUT2D eigenvalue weighted by Gasteiger charge is -2.15. The van der Waals surface area contributed by atoms with Gasteiger partial charge in [0.25, 0.3) is 0 Å². The van der Waals surface area contributed by atoms with Crippen molar-refractivity contribution in [1.29, 1.82) is 0 Å². The molecule has 0 atom stereocenters. The van der Waals surface area contributed by atoms with Gasteiger partial charge in [-0.1, -0.05) is 152 Å². The van der Waals surface area contributed by atoms with E-state index in [1.807, 2.05) is 12.1 Å². The number of aromatic nitrogens is 2. The van der Waals surface area contributed by atoms with Crippen molar-refractivity contribution in [3.8, 4) is 44.8 Å². The summed E-state index contributed by atoms with van der Waals surface area (Å²) in [5.41, 5.74) is 16.1. The Balaban J connectivity index is 0.990. The summed E-state index contributed by atoms with van der Waals surface area (Å²) < 4.78 is 11.0. The number of fused-ring (bicyclic) bond motifs is 9. The minimum absolute atomic E-state index is 0.916. The smallest absolute Gasteiger partial charge is 0.135 e. The summed E-state index contributed by atoms with van der Waals surface area (Å²) in [6.45, 7) is 0. The fraction of sp³-hybridized carbons (Fsp3) is 0. The van der Waals surface area contributed by atoms with Gasteiger partial charge in [-0.05, 0) is 76.9 Å². The van der Waals surface area contributed by atoms with Crippen LogP contribution >= 0.6 is 0 Å². The summed E-state index contributed by atoms with van der Waals surface area (Å²) in [6.07, 6.45) is 0. The molecule has 0 bridgehead atoms. The van der Waals surface area contributed by atoms with E-state index >= 15 is 0 Å². The van der Waals surface area contributed by atoms with Gasteiger partial charge in [0.1, 0.15) is 11.2 Å². The maximum absolute atomic E-state index is 6.08. The van der Waals surface area contributed by atoms with E-state index in [2.05, 4.69) is 203 Å². The Kier molecular flexibility index (Phi) is 6.93. The third-order valence-electron chi connectivity index (χ3n) is 11.7. The Labute approximate surface area is 328 Å². The molecule has 0 aliphatic heterocycles. The Morgan fingerprint density at radius 3 is 1.33 bits per heavy atom. The van der Waals surface area contributed by atoms with Crippen molar-refractivity contribution in [3.63, 3.8) is 0 Å². The second-order valence-electron chi connectivity index (χ2n) is 14.9. The Bertz CT molecular complexity index is 3490. The Morgan fingerprint density at radius 2 is 0.719 bits per heavy atom. The van der Waals surface area contributed by atoms with Crippen LogP contribution in [0.3, 0.4) is 0 Å². The summed E-state index contributed by atoms with van der Waals surface area (Å²) in [4.78, 5) is 0. The molecule has 0 aliphatic carbocycles. The largest absolute Gasteiger partial charge is 0.456 e. The zero-order valence-corrected chi connectivity index (χ0v) is 30.9. The third kappa shape index (κ3) is 4.86. The van der Waals surface area contributed by atoms with Crippen molar-refractivity contribution in [2.24, 2.45) is 0 Å². The van der Waals surface area contributed by atoms with Crippen LogP contribution in [0.5, 0.6) is 0 Å². The third-order valence-corrected chi connectivity index (χ3v) is 11.7. The molecule has 9 aromatic carbocycles. The molecule has 0 saturated heterocycles. The minimum atomic E-state index is 0.916. The molecule has 0 radical (unpaired) electrons. The summed E-state index contributed by atoms with van der Waals surface area (Å²) in [5.74, 6) is 0. The first-order valence-corrected chi connectivity index (χ1v) is 19.5. The van der Waals surface area contributed by atoms with E-state index in [1.54, 1.807) is 0 Å². The van der Waals surface area contributed by atoms with Gasteiger partial charge >= 0.3 is 0 Å². The summed E-state index contributed by atoms with van der Waals surface area (Å²) in [7, 11) is 0. The molecule has 0 spiro atoms. The molecular formula is C54H34N2O. The van der Waals surface area contributed by atoms with Crippen LogP contribution in [-0.2, 0) is 0 Å². The number of rotatable bonds is 5. The highest BCUT2D eigenvalue weighted by atomic mass is 16.3. The molecule has 3 aromatic heterocycles. The first kappa shape index (κ1) is 31.7. The molecule has 0 N–H and O–H groups in total. The topological polar surface area (TPSA) is 23.0 Å². The average molecular weight is 727 g/mol. The molecular weight excluding hydrogens is 693 g/mol. The zero-order chi connectivity index (χ0) is 37.5. The maximum atomic E-state index is 6.08. The summed E-state index contributed by atoms with van der Waals surface area (Å²) >= 11 is 0. The number of nitrogens with zero attached hydrogens (tertiary/aromatic N) is 2. The molecule has 0 saturated carbocycles. The van der Waals surface area contributed by atoms with Crippen LogP contribution in [0.1, 0.15) is 0 Å². The number of para-hydroxylation sites is 6. The van der Waals surface area contributed by atoms with Crippen LogP contribution in [-0.4, -0.2) is 9.13 Å². The lowest BCUT2D eigenvalue weighted by molar-refractivity contribution is 0.669. The second-order valence-corrected chi connectivity index (χ2v) is 14.9. The van der Waals surface area contributed by atoms with E-state index in [4.69, 9.17) is 4.42 Å². The molecule has 3 heterocycles. The van der Waals surface area contributed by atoms with Gasteiger partial charge in [-0.15, -0.1) is 0 Å². The van der Waals surface area contributed by atoms with Gasteiger partial charge < -0.3 is 13.6 Å². The number of hydrogen-bond acceptors (Lipinski definition) is 1. The van der Waals surface area contributed by atoms with E-state index in [-0.39, 0.29) is 0 Å². The van der Waals surface area contributed by atoms with Crippen LogP contribution in [0.15, 0.2) is 211 Å². The van der Waals surface area contributed by atoms with Gasteiger partial charge in [0.05, 0.1) is 22.1 Å². The Hall–Kier alpha value is -7.62. The highest BCUT2D eigenvalue weighted by Gasteiger charge is 2.21. The van der Waals surface area contributed by atoms with Crippen LogP contribution in [0, 0.1) is 0 Å².